The van der Waals surface area contributed by atoms with Gasteiger partial charge in [-0.15, -0.1) is 11.3 Å². The van der Waals surface area contributed by atoms with Crippen LogP contribution in [0.2, 0.25) is 5.02 Å². The van der Waals surface area contributed by atoms with Gasteiger partial charge in [-0.2, -0.15) is 4.39 Å². The van der Waals surface area contributed by atoms with Gasteiger partial charge in [0.2, 0.25) is 5.82 Å². The van der Waals surface area contributed by atoms with Crippen molar-refractivity contribution in [3.8, 4) is 10.6 Å². The maximum Gasteiger partial charge on any atom is 0.306 e. The average molecular weight is 392 g/mol. The fourth-order valence-corrected chi connectivity index (χ4v) is 3.42. The van der Waals surface area contributed by atoms with Gasteiger partial charge >= 0.3 is 5.69 Å². The average Bonchev–Trinajstić information content (AvgIpc) is 2.98. The van der Waals surface area contributed by atoms with Gasteiger partial charge in [-0.1, -0.05) is 23.7 Å². The second-order valence-electron chi connectivity index (χ2n) is 5.32. The molecule has 6 nitrogen and oxygen atoms in total. The summed E-state index contributed by atoms with van der Waals surface area (Å²) in [4.78, 5) is 27.2. The number of hydrogen-bond donors (Lipinski definition) is 1. The van der Waals surface area contributed by atoms with Crippen LogP contribution in [0, 0.1) is 22.9 Å². The lowest BCUT2D eigenvalue weighted by molar-refractivity contribution is -0.387. The molecule has 0 spiro atoms. The van der Waals surface area contributed by atoms with Crippen LogP contribution in [-0.4, -0.2) is 15.8 Å². The number of benzene rings is 2. The molecule has 132 valence electrons. The maximum atomic E-state index is 13.4. The molecule has 2 aromatic carbocycles. The van der Waals surface area contributed by atoms with Crippen LogP contribution in [-0.2, 0) is 0 Å². The fraction of sp³-hybridized carbons (Fsp3) is 0.0588. The normalized spacial score (nSPS) is 10.6. The highest BCUT2D eigenvalue weighted by atomic mass is 35.5. The summed E-state index contributed by atoms with van der Waals surface area (Å²) in [5.74, 6) is -1.45. The van der Waals surface area contributed by atoms with Gasteiger partial charge < -0.3 is 5.32 Å². The van der Waals surface area contributed by atoms with Crippen molar-refractivity contribution < 1.29 is 14.1 Å². The molecule has 26 heavy (non-hydrogen) atoms. The van der Waals surface area contributed by atoms with Crippen molar-refractivity contribution in [1.29, 1.82) is 0 Å². The van der Waals surface area contributed by atoms with E-state index < -0.39 is 22.3 Å². The van der Waals surface area contributed by atoms with Crippen molar-refractivity contribution in [2.24, 2.45) is 0 Å². The number of amides is 1. The first kappa shape index (κ1) is 18.0. The van der Waals surface area contributed by atoms with Crippen LogP contribution < -0.4 is 5.32 Å². The molecule has 0 unspecified atom stereocenters. The molecule has 1 amide bonds. The van der Waals surface area contributed by atoms with Gasteiger partial charge in [0.05, 0.1) is 10.6 Å². The van der Waals surface area contributed by atoms with Gasteiger partial charge in [-0.25, -0.2) is 4.98 Å². The Bertz CT molecular complexity index is 1020. The number of thiazole rings is 1. The molecule has 0 saturated carbocycles. The molecule has 3 rings (SSSR count). The molecule has 1 N–H and O–H groups in total. The molecule has 1 heterocycles. The molecule has 0 bridgehead atoms. The van der Waals surface area contributed by atoms with E-state index in [0.29, 0.717) is 20.6 Å². The number of nitro groups is 1. The summed E-state index contributed by atoms with van der Waals surface area (Å²) in [5.41, 5.74) is 0.713. The highest BCUT2D eigenvalue weighted by Crippen LogP contribution is 2.30. The molecule has 0 radical (unpaired) electrons. The third-order valence-electron chi connectivity index (χ3n) is 3.48. The van der Waals surface area contributed by atoms with Crippen molar-refractivity contribution in [2.75, 3.05) is 5.32 Å². The zero-order valence-corrected chi connectivity index (χ0v) is 14.9. The van der Waals surface area contributed by atoms with Gasteiger partial charge in [-0.3, -0.25) is 14.9 Å². The molecule has 1 aromatic heterocycles. The largest absolute Gasteiger partial charge is 0.321 e. The molecular formula is C17H11ClFN3O3S. The lowest BCUT2D eigenvalue weighted by Crippen LogP contribution is -2.11. The Morgan fingerprint density at radius 1 is 1.31 bits per heavy atom. The van der Waals surface area contributed by atoms with Crippen molar-refractivity contribution in [1.82, 2.24) is 4.98 Å². The van der Waals surface area contributed by atoms with Crippen LogP contribution >= 0.6 is 22.9 Å². The molecule has 3 aromatic rings. The summed E-state index contributed by atoms with van der Waals surface area (Å²) in [5, 5.41) is 14.5. The van der Waals surface area contributed by atoms with Gasteiger partial charge in [0, 0.05) is 22.3 Å². The van der Waals surface area contributed by atoms with E-state index in [2.05, 4.69) is 10.3 Å². The smallest absolute Gasteiger partial charge is 0.306 e. The lowest BCUT2D eigenvalue weighted by atomic mass is 10.2. The molecule has 0 saturated heterocycles. The predicted molar refractivity (Wildman–Crippen MR) is 98.3 cm³/mol. The van der Waals surface area contributed by atoms with Crippen molar-refractivity contribution >= 4 is 40.2 Å². The monoisotopic (exact) mass is 391 g/mol. The number of nitrogens with zero attached hydrogens (tertiary/aromatic N) is 2. The number of halogens is 2. The number of anilines is 1. The Kier molecular flexibility index (Phi) is 4.97. The van der Waals surface area contributed by atoms with Gasteiger partial charge in [0.25, 0.3) is 5.91 Å². The van der Waals surface area contributed by atoms with Crippen LogP contribution in [0.4, 0.5) is 15.8 Å². The highest BCUT2D eigenvalue weighted by Gasteiger charge is 2.19. The molecule has 0 aliphatic rings. The summed E-state index contributed by atoms with van der Waals surface area (Å²) in [6.07, 6.45) is 0. The first-order valence-electron chi connectivity index (χ1n) is 7.34. The number of aromatic nitrogens is 1. The van der Waals surface area contributed by atoms with E-state index >= 15 is 0 Å². The van der Waals surface area contributed by atoms with E-state index in [1.807, 2.05) is 6.07 Å². The molecule has 0 atom stereocenters. The number of nitro benzene ring substituents is 1. The topological polar surface area (TPSA) is 85.1 Å². The van der Waals surface area contributed by atoms with E-state index in [1.165, 1.54) is 17.4 Å². The molecule has 9 heteroatoms. The number of nitrogens with one attached hydrogen (secondary N) is 1. The molecule has 0 aliphatic carbocycles. The number of rotatable bonds is 4. The van der Waals surface area contributed by atoms with Crippen LogP contribution in [0.5, 0.6) is 0 Å². The Morgan fingerprint density at radius 3 is 2.77 bits per heavy atom. The first-order valence-corrected chi connectivity index (χ1v) is 8.53. The minimum Gasteiger partial charge on any atom is -0.321 e. The van der Waals surface area contributed by atoms with Crippen LogP contribution in [0.3, 0.4) is 0 Å². The third-order valence-corrected chi connectivity index (χ3v) is 4.92. The molecular weight excluding hydrogens is 381 g/mol. The quantitative estimate of drug-likeness (QED) is 0.497. The van der Waals surface area contributed by atoms with Gasteiger partial charge in [-0.05, 0) is 31.2 Å². The zero-order chi connectivity index (χ0) is 18.8. The second kappa shape index (κ2) is 7.19. The third kappa shape index (κ3) is 3.71. The van der Waals surface area contributed by atoms with E-state index in [1.54, 1.807) is 25.1 Å². The summed E-state index contributed by atoms with van der Waals surface area (Å²) < 4.78 is 13.4. The van der Waals surface area contributed by atoms with Crippen LogP contribution in [0.25, 0.3) is 10.6 Å². The first-order chi connectivity index (χ1) is 12.3. The summed E-state index contributed by atoms with van der Waals surface area (Å²) in [7, 11) is 0. The minimum absolute atomic E-state index is 0.125. The van der Waals surface area contributed by atoms with Crippen molar-refractivity contribution in [3.05, 3.63) is 74.0 Å². The van der Waals surface area contributed by atoms with E-state index in [4.69, 9.17) is 11.6 Å². The Labute approximate surface area is 156 Å². The lowest BCUT2D eigenvalue weighted by Gasteiger charge is -2.04. The minimum atomic E-state index is -0.967. The van der Waals surface area contributed by atoms with Crippen molar-refractivity contribution in [3.63, 3.8) is 0 Å². The number of aryl methyl sites for hydroxylation is 1. The van der Waals surface area contributed by atoms with Gasteiger partial charge in [0.1, 0.15) is 9.88 Å². The standard InChI is InChI=1S/C17H11ClFN3O3S/c1-9-15(26-17(20-9)10-3-2-4-11(18)7-10)16(23)21-12-5-6-13(19)14(8-12)22(24)25/h2-8H,1H3,(H,21,23). The van der Waals surface area contributed by atoms with E-state index in [9.17, 15) is 19.3 Å². The Morgan fingerprint density at radius 2 is 2.08 bits per heavy atom. The number of carbonyl (C=O) groups excluding carboxylic acids is 1. The second-order valence-corrected chi connectivity index (χ2v) is 6.76. The van der Waals surface area contributed by atoms with Gasteiger partial charge in [0.15, 0.2) is 0 Å². The summed E-state index contributed by atoms with van der Waals surface area (Å²) >= 11 is 7.15. The highest BCUT2D eigenvalue weighted by molar-refractivity contribution is 7.17. The van der Waals surface area contributed by atoms with E-state index in [-0.39, 0.29) is 5.69 Å². The Hall–Kier alpha value is -2.84. The maximum absolute atomic E-state index is 13.4. The fourth-order valence-electron chi connectivity index (χ4n) is 2.27. The Balaban J connectivity index is 1.87. The predicted octanol–water partition coefficient (Wildman–Crippen LogP) is 5.07. The molecule has 0 aliphatic heterocycles. The van der Waals surface area contributed by atoms with Crippen molar-refractivity contribution in [2.45, 2.75) is 6.92 Å². The van der Waals surface area contributed by atoms with Crippen LogP contribution in [0.15, 0.2) is 42.5 Å². The van der Waals surface area contributed by atoms with E-state index in [0.717, 1.165) is 17.7 Å². The summed E-state index contributed by atoms with van der Waals surface area (Å²) in [6.45, 7) is 1.69. The summed E-state index contributed by atoms with van der Waals surface area (Å²) in [6, 6.07) is 10.3. The zero-order valence-electron chi connectivity index (χ0n) is 13.3. The molecule has 0 fully saturated rings. The number of carbonyl (C=O) groups is 1. The van der Waals surface area contributed by atoms with Crippen LogP contribution in [0.1, 0.15) is 15.4 Å². The number of hydrogen-bond acceptors (Lipinski definition) is 5. The SMILES string of the molecule is Cc1nc(-c2cccc(Cl)c2)sc1C(=O)Nc1ccc(F)c([N+](=O)[O-])c1.